The summed E-state index contributed by atoms with van der Waals surface area (Å²) < 4.78 is 11.1. The van der Waals surface area contributed by atoms with Gasteiger partial charge in [-0.15, -0.1) is 0 Å². The van der Waals surface area contributed by atoms with Crippen LogP contribution in [0.2, 0.25) is 0 Å². The summed E-state index contributed by atoms with van der Waals surface area (Å²) in [6.07, 6.45) is 0. The van der Waals surface area contributed by atoms with Gasteiger partial charge in [-0.05, 0) is 17.7 Å². The van der Waals surface area contributed by atoms with Crippen LogP contribution in [0.5, 0.6) is 11.5 Å². The van der Waals surface area contributed by atoms with Gasteiger partial charge < -0.3 is 14.5 Å². The SMILES string of the molecule is COc1cc(-c2nc3ccc([N+](=O)[O-])cc3[nH]2)cc([N+](=O)[O-])c1OCc1ccccc1. The molecule has 10 nitrogen and oxygen atoms in total. The number of methoxy groups -OCH3 is 1. The van der Waals surface area contributed by atoms with Crippen molar-refractivity contribution in [2.75, 3.05) is 7.11 Å². The number of nitrogens with zero attached hydrogens (tertiary/aromatic N) is 3. The number of fused-ring (bicyclic) bond motifs is 1. The number of nitro groups is 2. The minimum atomic E-state index is -0.556. The van der Waals surface area contributed by atoms with Gasteiger partial charge in [0.25, 0.3) is 5.69 Å². The van der Waals surface area contributed by atoms with Crippen molar-refractivity contribution in [2.45, 2.75) is 6.61 Å². The number of benzene rings is 3. The Morgan fingerprint density at radius 1 is 1.00 bits per heavy atom. The summed E-state index contributed by atoms with van der Waals surface area (Å²) in [4.78, 5) is 29.0. The van der Waals surface area contributed by atoms with Crippen LogP contribution in [0.3, 0.4) is 0 Å². The molecular weight excluding hydrogens is 404 g/mol. The molecule has 0 fully saturated rings. The molecule has 4 aromatic rings. The van der Waals surface area contributed by atoms with Gasteiger partial charge in [0.15, 0.2) is 5.75 Å². The maximum Gasteiger partial charge on any atom is 0.315 e. The summed E-state index contributed by atoms with van der Waals surface area (Å²) in [5.41, 5.74) is 1.80. The molecule has 0 bridgehead atoms. The number of hydrogen-bond acceptors (Lipinski definition) is 7. The first-order valence-corrected chi connectivity index (χ1v) is 9.14. The van der Waals surface area contributed by atoms with Crippen LogP contribution in [0.1, 0.15) is 5.56 Å². The van der Waals surface area contributed by atoms with Crippen LogP contribution in [0.25, 0.3) is 22.4 Å². The molecule has 31 heavy (non-hydrogen) atoms. The van der Waals surface area contributed by atoms with E-state index in [0.29, 0.717) is 22.4 Å². The first-order valence-electron chi connectivity index (χ1n) is 9.14. The molecule has 3 aromatic carbocycles. The lowest BCUT2D eigenvalue weighted by atomic mass is 10.1. The summed E-state index contributed by atoms with van der Waals surface area (Å²) in [5, 5.41) is 22.7. The Labute approximate surface area is 175 Å². The molecule has 0 saturated heterocycles. The fourth-order valence-corrected chi connectivity index (χ4v) is 3.13. The Bertz CT molecular complexity index is 1290. The number of nitro benzene ring substituents is 2. The van der Waals surface area contributed by atoms with E-state index >= 15 is 0 Å². The van der Waals surface area contributed by atoms with E-state index < -0.39 is 9.85 Å². The number of rotatable bonds is 7. The highest BCUT2D eigenvalue weighted by Gasteiger charge is 2.24. The third-order valence-corrected chi connectivity index (χ3v) is 4.63. The van der Waals surface area contributed by atoms with E-state index in [1.807, 2.05) is 30.3 Å². The highest BCUT2D eigenvalue weighted by atomic mass is 16.6. The van der Waals surface area contributed by atoms with E-state index in [1.165, 1.54) is 31.4 Å². The van der Waals surface area contributed by atoms with Gasteiger partial charge in [-0.25, -0.2) is 4.98 Å². The highest BCUT2D eigenvalue weighted by Crippen LogP contribution is 2.41. The molecule has 0 spiro atoms. The maximum atomic E-state index is 11.7. The molecular formula is C21H16N4O6. The molecule has 156 valence electrons. The monoisotopic (exact) mass is 420 g/mol. The Hall–Kier alpha value is -4.47. The van der Waals surface area contributed by atoms with Crippen molar-refractivity contribution in [1.29, 1.82) is 0 Å². The summed E-state index contributed by atoms with van der Waals surface area (Å²) in [5.74, 6) is 0.491. The summed E-state index contributed by atoms with van der Waals surface area (Å²) in [7, 11) is 1.39. The molecule has 0 aliphatic carbocycles. The number of aromatic amines is 1. The van der Waals surface area contributed by atoms with Gasteiger partial charge in [-0.1, -0.05) is 30.3 Å². The van der Waals surface area contributed by atoms with Gasteiger partial charge in [-0.3, -0.25) is 20.2 Å². The zero-order chi connectivity index (χ0) is 22.0. The molecule has 4 rings (SSSR count). The largest absolute Gasteiger partial charge is 0.493 e. The molecule has 10 heteroatoms. The van der Waals surface area contributed by atoms with E-state index in [4.69, 9.17) is 9.47 Å². The second kappa shape index (κ2) is 8.11. The number of hydrogen-bond donors (Lipinski definition) is 1. The van der Waals surface area contributed by atoms with Gasteiger partial charge in [-0.2, -0.15) is 0 Å². The topological polar surface area (TPSA) is 133 Å². The Balaban J connectivity index is 1.75. The van der Waals surface area contributed by atoms with Crippen molar-refractivity contribution in [2.24, 2.45) is 0 Å². The summed E-state index contributed by atoms with van der Waals surface area (Å²) in [6, 6.07) is 16.4. The number of non-ortho nitro benzene ring substituents is 1. The summed E-state index contributed by atoms with van der Waals surface area (Å²) >= 11 is 0. The van der Waals surface area contributed by atoms with E-state index in [-0.39, 0.29) is 29.5 Å². The van der Waals surface area contributed by atoms with Crippen LogP contribution >= 0.6 is 0 Å². The summed E-state index contributed by atoms with van der Waals surface area (Å²) in [6.45, 7) is 0.131. The molecule has 0 radical (unpaired) electrons. The molecule has 1 heterocycles. The van der Waals surface area contributed by atoms with Crippen LogP contribution in [0, 0.1) is 20.2 Å². The molecule has 1 aromatic heterocycles. The third kappa shape index (κ3) is 3.99. The number of nitrogens with one attached hydrogen (secondary N) is 1. The van der Waals surface area contributed by atoms with Crippen molar-refractivity contribution in [3.05, 3.63) is 86.5 Å². The first kappa shape index (κ1) is 19.8. The van der Waals surface area contributed by atoms with Crippen molar-refractivity contribution >= 4 is 22.4 Å². The van der Waals surface area contributed by atoms with Crippen molar-refractivity contribution in [3.8, 4) is 22.9 Å². The smallest absolute Gasteiger partial charge is 0.315 e. The molecule has 0 amide bonds. The van der Waals surface area contributed by atoms with Crippen LogP contribution in [0.4, 0.5) is 11.4 Å². The van der Waals surface area contributed by atoms with Crippen LogP contribution in [0.15, 0.2) is 60.7 Å². The standard InChI is InChI=1S/C21H16N4O6/c1-30-19-10-14(21-22-16-8-7-15(24(26)27)11-17(16)23-21)9-18(25(28)29)20(19)31-12-13-5-3-2-4-6-13/h2-11H,12H2,1H3,(H,22,23). The van der Waals surface area contributed by atoms with Crippen molar-refractivity contribution < 1.29 is 19.3 Å². The molecule has 0 saturated carbocycles. The quantitative estimate of drug-likeness (QED) is 0.340. The Morgan fingerprint density at radius 3 is 2.45 bits per heavy atom. The normalized spacial score (nSPS) is 10.7. The van der Waals surface area contributed by atoms with Crippen LogP contribution in [-0.2, 0) is 6.61 Å². The maximum absolute atomic E-state index is 11.7. The van der Waals surface area contributed by atoms with Gasteiger partial charge in [0.1, 0.15) is 12.4 Å². The molecule has 0 aliphatic rings. The number of ether oxygens (including phenoxy) is 2. The lowest BCUT2D eigenvalue weighted by Crippen LogP contribution is -2.02. The van der Waals surface area contributed by atoms with Crippen molar-refractivity contribution in [3.63, 3.8) is 0 Å². The second-order valence-electron chi connectivity index (χ2n) is 6.60. The average Bonchev–Trinajstić information content (AvgIpc) is 3.21. The van der Waals surface area contributed by atoms with Crippen LogP contribution in [-0.4, -0.2) is 26.9 Å². The molecule has 0 atom stereocenters. The van der Waals surface area contributed by atoms with Crippen LogP contribution < -0.4 is 9.47 Å². The predicted molar refractivity (Wildman–Crippen MR) is 112 cm³/mol. The lowest BCUT2D eigenvalue weighted by molar-refractivity contribution is -0.386. The van der Waals surface area contributed by atoms with Gasteiger partial charge >= 0.3 is 5.69 Å². The Morgan fingerprint density at radius 2 is 1.77 bits per heavy atom. The van der Waals surface area contributed by atoms with E-state index in [9.17, 15) is 20.2 Å². The third-order valence-electron chi connectivity index (χ3n) is 4.63. The van der Waals surface area contributed by atoms with Gasteiger partial charge in [0.2, 0.25) is 5.75 Å². The van der Waals surface area contributed by atoms with Crippen molar-refractivity contribution in [1.82, 2.24) is 9.97 Å². The minimum absolute atomic E-state index is 0.00634. The molecule has 0 aliphatic heterocycles. The number of aromatic nitrogens is 2. The lowest BCUT2D eigenvalue weighted by Gasteiger charge is -2.12. The number of H-pyrrole nitrogens is 1. The zero-order valence-electron chi connectivity index (χ0n) is 16.3. The average molecular weight is 420 g/mol. The fourth-order valence-electron chi connectivity index (χ4n) is 3.13. The zero-order valence-corrected chi connectivity index (χ0v) is 16.3. The second-order valence-corrected chi connectivity index (χ2v) is 6.60. The fraction of sp³-hybridized carbons (Fsp3) is 0.0952. The van der Waals surface area contributed by atoms with Gasteiger partial charge in [0.05, 0.1) is 28.0 Å². The molecule has 1 N–H and O–H groups in total. The Kier molecular flexibility index (Phi) is 5.19. The molecule has 0 unspecified atom stereocenters. The van der Waals surface area contributed by atoms with E-state index in [0.717, 1.165) is 5.56 Å². The number of imidazole rings is 1. The van der Waals surface area contributed by atoms with E-state index in [2.05, 4.69) is 9.97 Å². The minimum Gasteiger partial charge on any atom is -0.493 e. The predicted octanol–water partition coefficient (Wildman–Crippen LogP) is 4.63. The van der Waals surface area contributed by atoms with E-state index in [1.54, 1.807) is 6.07 Å². The first-order chi connectivity index (χ1) is 15.0. The van der Waals surface area contributed by atoms with Gasteiger partial charge in [0, 0.05) is 23.8 Å². The highest BCUT2D eigenvalue weighted by molar-refractivity contribution is 5.82.